The zero-order valence-electron chi connectivity index (χ0n) is 7.34. The second-order valence-corrected chi connectivity index (χ2v) is 2.71. The highest BCUT2D eigenvalue weighted by Gasteiger charge is 2.17. The number of nitrogens with one attached hydrogen (secondary N) is 1. The van der Waals surface area contributed by atoms with E-state index >= 15 is 0 Å². The monoisotopic (exact) mass is 173 g/mol. The summed E-state index contributed by atoms with van der Waals surface area (Å²) in [5.74, 6) is -0.175. The SMILES string of the molecule is CCOC(=O)C[C@@H]1CNCCO1. The standard InChI is InChI=1S/C8H15NO3/c1-2-11-8(10)5-7-6-9-3-4-12-7/h7,9H,2-6H2,1H3/t7-/m1/s1. The second-order valence-electron chi connectivity index (χ2n) is 2.71. The summed E-state index contributed by atoms with van der Waals surface area (Å²) >= 11 is 0. The van der Waals surface area contributed by atoms with E-state index in [-0.39, 0.29) is 12.1 Å². The first-order chi connectivity index (χ1) is 5.83. The van der Waals surface area contributed by atoms with Gasteiger partial charge in [-0.3, -0.25) is 4.79 Å². The Balaban J connectivity index is 2.15. The van der Waals surface area contributed by atoms with Crippen molar-refractivity contribution in [1.82, 2.24) is 5.32 Å². The van der Waals surface area contributed by atoms with Gasteiger partial charge in [0.25, 0.3) is 0 Å². The van der Waals surface area contributed by atoms with Crippen molar-refractivity contribution in [1.29, 1.82) is 0 Å². The Hall–Kier alpha value is -0.610. The molecule has 0 aliphatic carbocycles. The van der Waals surface area contributed by atoms with E-state index in [2.05, 4.69) is 5.32 Å². The largest absolute Gasteiger partial charge is 0.466 e. The van der Waals surface area contributed by atoms with E-state index in [4.69, 9.17) is 9.47 Å². The molecule has 4 nitrogen and oxygen atoms in total. The lowest BCUT2D eigenvalue weighted by Gasteiger charge is -2.22. The van der Waals surface area contributed by atoms with E-state index in [0.717, 1.165) is 13.1 Å². The van der Waals surface area contributed by atoms with Crippen LogP contribution in [0.4, 0.5) is 0 Å². The minimum atomic E-state index is -0.175. The third-order valence-corrected chi connectivity index (χ3v) is 1.70. The maximum Gasteiger partial charge on any atom is 0.308 e. The van der Waals surface area contributed by atoms with Crippen LogP contribution in [0.25, 0.3) is 0 Å². The van der Waals surface area contributed by atoms with Crippen LogP contribution in [0.2, 0.25) is 0 Å². The lowest BCUT2D eigenvalue weighted by Crippen LogP contribution is -2.39. The molecular formula is C8H15NO3. The van der Waals surface area contributed by atoms with Crippen molar-refractivity contribution in [3.63, 3.8) is 0 Å². The normalized spacial score (nSPS) is 23.6. The van der Waals surface area contributed by atoms with E-state index in [1.54, 1.807) is 6.92 Å². The van der Waals surface area contributed by atoms with Crippen molar-refractivity contribution < 1.29 is 14.3 Å². The van der Waals surface area contributed by atoms with E-state index in [1.807, 2.05) is 0 Å². The van der Waals surface area contributed by atoms with Gasteiger partial charge < -0.3 is 14.8 Å². The van der Waals surface area contributed by atoms with E-state index in [1.165, 1.54) is 0 Å². The lowest BCUT2D eigenvalue weighted by atomic mass is 10.2. The molecule has 1 rings (SSSR count). The quantitative estimate of drug-likeness (QED) is 0.607. The van der Waals surface area contributed by atoms with Crippen LogP contribution in [0.3, 0.4) is 0 Å². The lowest BCUT2D eigenvalue weighted by molar-refractivity contribution is -0.146. The first-order valence-electron chi connectivity index (χ1n) is 4.31. The van der Waals surface area contributed by atoms with Gasteiger partial charge >= 0.3 is 5.97 Å². The van der Waals surface area contributed by atoms with Crippen LogP contribution in [-0.2, 0) is 14.3 Å². The summed E-state index contributed by atoms with van der Waals surface area (Å²) in [6.07, 6.45) is 0.360. The molecule has 1 atom stereocenters. The van der Waals surface area contributed by atoms with Gasteiger partial charge in [0.1, 0.15) is 0 Å². The molecule has 1 saturated heterocycles. The predicted octanol–water partition coefficient (Wildman–Crippen LogP) is -0.0720. The molecule has 0 amide bonds. The number of esters is 1. The third-order valence-electron chi connectivity index (χ3n) is 1.70. The maximum absolute atomic E-state index is 11.0. The van der Waals surface area contributed by atoms with Crippen LogP contribution in [-0.4, -0.2) is 38.4 Å². The minimum Gasteiger partial charge on any atom is -0.466 e. The van der Waals surface area contributed by atoms with Crippen molar-refractivity contribution in [2.75, 3.05) is 26.3 Å². The number of morpholine rings is 1. The van der Waals surface area contributed by atoms with E-state index in [0.29, 0.717) is 19.6 Å². The fourth-order valence-corrected chi connectivity index (χ4v) is 1.16. The molecule has 0 aromatic heterocycles. The fraction of sp³-hybridized carbons (Fsp3) is 0.875. The minimum absolute atomic E-state index is 0.00204. The van der Waals surface area contributed by atoms with Gasteiger partial charge in [0.15, 0.2) is 0 Å². The molecule has 1 fully saturated rings. The third kappa shape index (κ3) is 3.19. The van der Waals surface area contributed by atoms with Crippen LogP contribution in [0, 0.1) is 0 Å². The van der Waals surface area contributed by atoms with Gasteiger partial charge in [0, 0.05) is 13.1 Å². The van der Waals surface area contributed by atoms with Gasteiger partial charge in [0.05, 0.1) is 25.7 Å². The average molecular weight is 173 g/mol. The molecule has 0 bridgehead atoms. The number of rotatable bonds is 3. The summed E-state index contributed by atoms with van der Waals surface area (Å²) in [7, 11) is 0. The van der Waals surface area contributed by atoms with E-state index < -0.39 is 0 Å². The van der Waals surface area contributed by atoms with Crippen LogP contribution in [0.1, 0.15) is 13.3 Å². The Morgan fingerprint density at radius 3 is 3.17 bits per heavy atom. The van der Waals surface area contributed by atoms with Gasteiger partial charge in [-0.25, -0.2) is 0 Å². The van der Waals surface area contributed by atoms with Crippen LogP contribution >= 0.6 is 0 Å². The molecule has 70 valence electrons. The number of hydrogen-bond donors (Lipinski definition) is 1. The number of ether oxygens (including phenoxy) is 2. The van der Waals surface area contributed by atoms with Crippen molar-refractivity contribution in [3.05, 3.63) is 0 Å². The van der Waals surface area contributed by atoms with Crippen molar-refractivity contribution in [2.24, 2.45) is 0 Å². The van der Waals surface area contributed by atoms with Crippen LogP contribution in [0.15, 0.2) is 0 Å². The molecular weight excluding hydrogens is 158 g/mol. The van der Waals surface area contributed by atoms with Gasteiger partial charge in [-0.1, -0.05) is 0 Å². The van der Waals surface area contributed by atoms with Crippen LogP contribution in [0.5, 0.6) is 0 Å². The Morgan fingerprint density at radius 1 is 1.75 bits per heavy atom. The van der Waals surface area contributed by atoms with E-state index in [9.17, 15) is 4.79 Å². The highest BCUT2D eigenvalue weighted by molar-refractivity contribution is 5.69. The molecule has 4 heteroatoms. The first-order valence-corrected chi connectivity index (χ1v) is 4.31. The molecule has 1 aliphatic heterocycles. The van der Waals surface area contributed by atoms with Crippen molar-refractivity contribution in [2.45, 2.75) is 19.4 Å². The summed E-state index contributed by atoms with van der Waals surface area (Å²) in [4.78, 5) is 11.0. The highest BCUT2D eigenvalue weighted by atomic mass is 16.5. The highest BCUT2D eigenvalue weighted by Crippen LogP contribution is 2.02. The topological polar surface area (TPSA) is 47.6 Å². The molecule has 1 N–H and O–H groups in total. The van der Waals surface area contributed by atoms with Gasteiger partial charge in [-0.15, -0.1) is 0 Å². The number of hydrogen-bond acceptors (Lipinski definition) is 4. The Bertz CT molecular complexity index is 143. The van der Waals surface area contributed by atoms with Crippen molar-refractivity contribution in [3.8, 4) is 0 Å². The smallest absolute Gasteiger partial charge is 0.308 e. The molecule has 0 spiro atoms. The molecule has 1 aliphatic rings. The molecule has 12 heavy (non-hydrogen) atoms. The number of carbonyl (C=O) groups excluding carboxylic acids is 1. The summed E-state index contributed by atoms with van der Waals surface area (Å²) in [5.41, 5.74) is 0. The molecule has 0 aromatic carbocycles. The van der Waals surface area contributed by atoms with Gasteiger partial charge in [0.2, 0.25) is 0 Å². The summed E-state index contributed by atoms with van der Waals surface area (Å²) in [5, 5.41) is 3.15. The summed E-state index contributed by atoms with van der Waals surface area (Å²) in [6.45, 7) is 4.55. The molecule has 0 radical (unpaired) electrons. The first kappa shape index (κ1) is 9.48. The Morgan fingerprint density at radius 2 is 2.58 bits per heavy atom. The Labute approximate surface area is 72.2 Å². The summed E-state index contributed by atoms with van der Waals surface area (Å²) in [6, 6.07) is 0. The summed E-state index contributed by atoms with van der Waals surface area (Å²) < 4.78 is 10.1. The van der Waals surface area contributed by atoms with Crippen LogP contribution < -0.4 is 5.32 Å². The van der Waals surface area contributed by atoms with Gasteiger partial charge in [-0.2, -0.15) is 0 Å². The zero-order valence-corrected chi connectivity index (χ0v) is 7.34. The van der Waals surface area contributed by atoms with Gasteiger partial charge in [-0.05, 0) is 6.92 Å². The average Bonchev–Trinajstić information content (AvgIpc) is 2.06. The predicted molar refractivity (Wildman–Crippen MR) is 43.9 cm³/mol. The molecule has 0 unspecified atom stereocenters. The van der Waals surface area contributed by atoms with Crippen molar-refractivity contribution >= 4 is 5.97 Å². The second kappa shape index (κ2) is 5.11. The maximum atomic E-state index is 11.0. The molecule has 0 aromatic rings. The number of carbonyl (C=O) groups is 1. The Kier molecular flexibility index (Phi) is 4.04. The fourth-order valence-electron chi connectivity index (χ4n) is 1.16. The zero-order chi connectivity index (χ0) is 8.81. The molecule has 1 heterocycles. The molecule has 0 saturated carbocycles.